The van der Waals surface area contributed by atoms with Crippen molar-refractivity contribution in [3.05, 3.63) is 0 Å². The van der Waals surface area contributed by atoms with Gasteiger partial charge in [0.05, 0.1) is 41.8 Å². The summed E-state index contributed by atoms with van der Waals surface area (Å²) in [4.78, 5) is 0. The van der Waals surface area contributed by atoms with Gasteiger partial charge in [0.1, 0.15) is 19.9 Å². The molecule has 0 aromatic heterocycles. The molecule has 19 heavy (non-hydrogen) atoms. The van der Waals surface area contributed by atoms with E-state index in [9.17, 15) is 5.11 Å². The summed E-state index contributed by atoms with van der Waals surface area (Å²) in [5.74, 6) is 0. The van der Waals surface area contributed by atoms with E-state index in [2.05, 4.69) is 52.8 Å². The summed E-state index contributed by atoms with van der Waals surface area (Å²) in [7, 11) is 10.5. The van der Waals surface area contributed by atoms with Gasteiger partial charge in [0, 0.05) is 6.61 Å². The molecular formula is C13H34N4O2+2. The number of quaternary nitrogens is 2. The molecule has 116 valence electrons. The van der Waals surface area contributed by atoms with Crippen molar-refractivity contribution in [3.8, 4) is 0 Å². The van der Waals surface area contributed by atoms with Crippen molar-refractivity contribution in [1.82, 2.24) is 10.6 Å². The molecule has 0 aromatic rings. The van der Waals surface area contributed by atoms with Crippen LogP contribution in [0, 0.1) is 0 Å². The van der Waals surface area contributed by atoms with Gasteiger partial charge in [-0.15, -0.1) is 0 Å². The lowest BCUT2D eigenvalue weighted by Gasteiger charge is -2.32. The van der Waals surface area contributed by atoms with Crippen LogP contribution in [0.4, 0.5) is 0 Å². The van der Waals surface area contributed by atoms with Crippen LogP contribution in [0.1, 0.15) is 13.3 Å². The van der Waals surface area contributed by atoms with E-state index in [4.69, 9.17) is 4.74 Å². The van der Waals surface area contributed by atoms with Gasteiger partial charge in [-0.25, -0.2) is 10.6 Å². The molecule has 6 nitrogen and oxygen atoms in total. The van der Waals surface area contributed by atoms with Crippen molar-refractivity contribution in [2.24, 2.45) is 0 Å². The van der Waals surface area contributed by atoms with E-state index < -0.39 is 6.35 Å². The maximum absolute atomic E-state index is 9.81. The van der Waals surface area contributed by atoms with Gasteiger partial charge in [-0.1, -0.05) is 6.92 Å². The number of likely N-dealkylation sites (N-methyl/N-ethyl adjacent to an activating group) is 1. The Labute approximate surface area is 118 Å². The van der Waals surface area contributed by atoms with E-state index in [-0.39, 0.29) is 0 Å². The molecule has 0 heterocycles. The normalized spacial score (nSPS) is 14.7. The quantitative estimate of drug-likeness (QED) is 0.273. The largest absolute Gasteiger partial charge is 0.376 e. The van der Waals surface area contributed by atoms with Crippen molar-refractivity contribution in [2.45, 2.75) is 19.7 Å². The Bertz CT molecular complexity index is 229. The van der Waals surface area contributed by atoms with E-state index in [0.717, 1.165) is 35.1 Å². The van der Waals surface area contributed by atoms with Crippen molar-refractivity contribution in [2.75, 3.05) is 68.3 Å². The predicted octanol–water partition coefficient (Wildman–Crippen LogP) is -0.434. The molecule has 0 rings (SSSR count). The Morgan fingerprint density at radius 2 is 1.58 bits per heavy atom. The molecule has 0 saturated carbocycles. The second kappa shape index (κ2) is 8.84. The molecule has 0 fully saturated rings. The summed E-state index contributed by atoms with van der Waals surface area (Å²) < 4.78 is 7.03. The van der Waals surface area contributed by atoms with Gasteiger partial charge in [0.15, 0.2) is 6.35 Å². The third-order valence-electron chi connectivity index (χ3n) is 2.66. The summed E-state index contributed by atoms with van der Waals surface area (Å²) in [6.45, 7) is 6.01. The molecule has 3 N–H and O–H groups in total. The second-order valence-corrected chi connectivity index (χ2v) is 6.69. The molecule has 0 amide bonds. The molecule has 0 aliphatic carbocycles. The lowest BCUT2D eigenvalue weighted by Crippen LogP contribution is -2.56. The van der Waals surface area contributed by atoms with Crippen molar-refractivity contribution in [1.29, 1.82) is 0 Å². The van der Waals surface area contributed by atoms with E-state index >= 15 is 0 Å². The van der Waals surface area contributed by atoms with Crippen LogP contribution < -0.4 is 10.6 Å². The average Bonchev–Trinajstić information content (AvgIpc) is 2.29. The second-order valence-electron chi connectivity index (χ2n) is 6.69. The van der Waals surface area contributed by atoms with Crippen LogP contribution in [0.15, 0.2) is 0 Å². The first-order chi connectivity index (χ1) is 8.66. The Balaban J connectivity index is 3.76. The number of aliphatic hydroxyl groups excluding tert-OH is 1. The Hall–Kier alpha value is -0.240. The number of nitrogens with one attached hydrogen (secondary N) is 2. The van der Waals surface area contributed by atoms with Crippen molar-refractivity contribution < 1.29 is 18.8 Å². The molecule has 0 saturated heterocycles. The summed E-state index contributed by atoms with van der Waals surface area (Å²) in [6, 6.07) is 0. The lowest BCUT2D eigenvalue weighted by atomic mass is 10.5. The minimum absolute atomic E-state index is 0.675. The molecule has 0 radical (unpaired) electrons. The van der Waals surface area contributed by atoms with Gasteiger partial charge in [0.25, 0.3) is 0 Å². The summed E-state index contributed by atoms with van der Waals surface area (Å²) in [5, 5.41) is 15.9. The molecule has 0 spiro atoms. The van der Waals surface area contributed by atoms with E-state index in [1.54, 1.807) is 0 Å². The summed E-state index contributed by atoms with van der Waals surface area (Å²) in [6.07, 6.45) is 0.380. The van der Waals surface area contributed by atoms with Crippen LogP contribution in [0.2, 0.25) is 0 Å². The summed E-state index contributed by atoms with van der Waals surface area (Å²) in [5.41, 5.74) is 0. The standard InChI is InChI=1S/C13H34N4O2/c1-7-9-19-10-8-17(5,6)12-15-13(18)14-11-16(2,3)4/h13-15,18H,7-12H2,1-6H3/q+2. The van der Waals surface area contributed by atoms with E-state index in [1.165, 1.54) is 0 Å². The van der Waals surface area contributed by atoms with E-state index in [0.29, 0.717) is 13.3 Å². The number of rotatable bonds is 11. The maximum Gasteiger partial charge on any atom is 0.168 e. The number of nitrogens with zero attached hydrogens (tertiary/aromatic N) is 2. The Kier molecular flexibility index (Phi) is 8.73. The predicted molar refractivity (Wildman–Crippen MR) is 78.1 cm³/mol. The summed E-state index contributed by atoms with van der Waals surface area (Å²) >= 11 is 0. The monoisotopic (exact) mass is 278 g/mol. The molecule has 0 bridgehead atoms. The van der Waals surface area contributed by atoms with Gasteiger partial charge in [-0.05, 0) is 6.42 Å². The number of ether oxygens (including phenoxy) is 1. The zero-order valence-electron chi connectivity index (χ0n) is 13.6. The van der Waals surface area contributed by atoms with Crippen LogP contribution in [0.3, 0.4) is 0 Å². The molecular weight excluding hydrogens is 244 g/mol. The minimum atomic E-state index is -0.675. The highest BCUT2D eigenvalue weighted by Crippen LogP contribution is 1.95. The van der Waals surface area contributed by atoms with Crippen LogP contribution in [-0.4, -0.2) is 88.8 Å². The molecule has 1 atom stereocenters. The first-order valence-electron chi connectivity index (χ1n) is 7.01. The number of aliphatic hydroxyl groups is 1. The third-order valence-corrected chi connectivity index (χ3v) is 2.66. The van der Waals surface area contributed by atoms with Gasteiger partial charge in [-0.2, -0.15) is 0 Å². The molecule has 6 heteroatoms. The third kappa shape index (κ3) is 12.5. The van der Waals surface area contributed by atoms with Gasteiger partial charge in [0.2, 0.25) is 0 Å². The zero-order chi connectivity index (χ0) is 14.9. The Morgan fingerprint density at radius 3 is 2.11 bits per heavy atom. The zero-order valence-corrected chi connectivity index (χ0v) is 13.6. The fourth-order valence-electron chi connectivity index (χ4n) is 1.40. The van der Waals surface area contributed by atoms with Crippen molar-refractivity contribution in [3.63, 3.8) is 0 Å². The number of hydrogen-bond donors (Lipinski definition) is 3. The minimum Gasteiger partial charge on any atom is -0.376 e. The fourth-order valence-corrected chi connectivity index (χ4v) is 1.40. The lowest BCUT2D eigenvalue weighted by molar-refractivity contribution is -0.894. The first kappa shape index (κ1) is 18.8. The van der Waals surface area contributed by atoms with Crippen LogP contribution in [0.25, 0.3) is 0 Å². The highest BCUT2D eigenvalue weighted by atomic mass is 16.5. The molecule has 0 aromatic carbocycles. The first-order valence-corrected chi connectivity index (χ1v) is 7.01. The molecule has 1 unspecified atom stereocenters. The highest BCUT2D eigenvalue weighted by Gasteiger charge is 2.17. The van der Waals surface area contributed by atoms with Crippen LogP contribution in [0.5, 0.6) is 0 Å². The fraction of sp³-hybridized carbons (Fsp3) is 1.00. The highest BCUT2D eigenvalue weighted by molar-refractivity contribution is 4.44. The van der Waals surface area contributed by atoms with E-state index in [1.807, 2.05) is 0 Å². The number of hydrogen-bond acceptors (Lipinski definition) is 4. The van der Waals surface area contributed by atoms with Gasteiger partial charge < -0.3 is 18.8 Å². The van der Waals surface area contributed by atoms with Crippen molar-refractivity contribution >= 4 is 0 Å². The molecule has 0 aliphatic rings. The SMILES string of the molecule is CCCOCC[N+](C)(C)CNC(O)NC[N+](C)(C)C. The maximum atomic E-state index is 9.81. The molecule has 0 aliphatic heterocycles. The van der Waals surface area contributed by atoms with Gasteiger partial charge in [-0.3, -0.25) is 0 Å². The van der Waals surface area contributed by atoms with Crippen LogP contribution >= 0.6 is 0 Å². The van der Waals surface area contributed by atoms with Crippen LogP contribution in [-0.2, 0) is 4.74 Å². The Morgan fingerprint density at radius 1 is 1.00 bits per heavy atom. The smallest absolute Gasteiger partial charge is 0.168 e. The average molecular weight is 278 g/mol. The topological polar surface area (TPSA) is 53.5 Å². The van der Waals surface area contributed by atoms with Gasteiger partial charge >= 0.3 is 0 Å².